The predicted octanol–water partition coefficient (Wildman–Crippen LogP) is 1.96. The van der Waals surface area contributed by atoms with E-state index in [1.165, 1.54) is 6.07 Å². The van der Waals surface area contributed by atoms with Gasteiger partial charge < -0.3 is 0 Å². The summed E-state index contributed by atoms with van der Waals surface area (Å²) in [5.74, 6) is -1.33. The topological polar surface area (TPSA) is 70.8 Å². The van der Waals surface area contributed by atoms with Crippen LogP contribution in [-0.2, 0) is 9.05 Å². The van der Waals surface area contributed by atoms with Crippen LogP contribution in [0.25, 0.3) is 0 Å². The molecule has 4 nitrogen and oxygen atoms in total. The third-order valence-corrected chi connectivity index (χ3v) is 2.77. The maximum absolute atomic E-state index is 12.9. The van der Waals surface area contributed by atoms with Gasteiger partial charge in [-0.15, -0.1) is 0 Å². The van der Waals surface area contributed by atoms with E-state index in [-0.39, 0.29) is 6.07 Å². The Bertz CT molecular complexity index is 568. The largest absolute Gasteiger partial charge is 0.279 e. The van der Waals surface area contributed by atoms with Crippen LogP contribution in [0.4, 0.5) is 13.2 Å². The van der Waals surface area contributed by atoms with E-state index in [1.54, 1.807) is 0 Å². The highest BCUT2D eigenvalue weighted by atomic mass is 35.7. The third kappa shape index (κ3) is 2.43. The van der Waals surface area contributed by atoms with Crippen molar-refractivity contribution in [2.75, 3.05) is 0 Å². The monoisotopic (exact) mass is 270 g/mol. The van der Waals surface area contributed by atoms with Gasteiger partial charge in [0.2, 0.25) is 0 Å². The van der Waals surface area contributed by atoms with Crippen molar-refractivity contribution in [1.82, 2.24) is 4.98 Å². The lowest BCUT2D eigenvalue weighted by Crippen LogP contribution is -2.06. The Morgan fingerprint density at radius 2 is 2.06 bits per heavy atom. The number of pyridine rings is 1. The van der Waals surface area contributed by atoms with E-state index in [0.717, 1.165) is 0 Å². The van der Waals surface area contributed by atoms with Crippen molar-refractivity contribution >= 4 is 19.7 Å². The molecule has 0 aromatic carbocycles. The van der Waals surface area contributed by atoms with Crippen LogP contribution in [0, 0.1) is 17.1 Å². The minimum Gasteiger partial charge on any atom is -0.221 e. The molecule has 86 valence electrons. The maximum atomic E-state index is 12.9. The van der Waals surface area contributed by atoms with Gasteiger partial charge >= 0.3 is 0 Å². The fraction of sp³-hybridized carbons (Fsp3) is 0.143. The van der Waals surface area contributed by atoms with Gasteiger partial charge in [0.25, 0.3) is 15.5 Å². The highest BCUT2D eigenvalue weighted by Crippen LogP contribution is 2.28. The summed E-state index contributed by atoms with van der Waals surface area (Å²) in [6.07, 6.45) is -3.27. The number of hydrogen-bond donors (Lipinski definition) is 0. The second kappa shape index (κ2) is 4.27. The molecule has 0 N–H and O–H groups in total. The first-order chi connectivity index (χ1) is 7.27. The van der Waals surface area contributed by atoms with Crippen molar-refractivity contribution in [3.05, 3.63) is 23.1 Å². The summed E-state index contributed by atoms with van der Waals surface area (Å²) in [5, 5.41) is 7.15. The summed E-state index contributed by atoms with van der Waals surface area (Å²) in [7, 11) is 0.269. The Kier molecular flexibility index (Phi) is 3.40. The molecule has 0 amide bonds. The fourth-order valence-electron chi connectivity index (χ4n) is 0.916. The van der Waals surface area contributed by atoms with Gasteiger partial charge in [0.1, 0.15) is 6.07 Å². The van der Waals surface area contributed by atoms with Gasteiger partial charge in [-0.05, 0) is 6.07 Å². The van der Waals surface area contributed by atoms with Gasteiger partial charge in [0.05, 0.1) is 5.56 Å². The summed E-state index contributed by atoms with van der Waals surface area (Å²) in [6.45, 7) is 0. The van der Waals surface area contributed by atoms with Crippen LogP contribution in [0.1, 0.15) is 17.7 Å². The van der Waals surface area contributed by atoms with Gasteiger partial charge in [-0.25, -0.2) is 26.6 Å². The van der Waals surface area contributed by atoms with Gasteiger partial charge in [-0.1, -0.05) is 0 Å². The first kappa shape index (κ1) is 12.7. The number of nitriles is 1. The lowest BCUT2D eigenvalue weighted by Gasteiger charge is -2.05. The van der Waals surface area contributed by atoms with Crippen LogP contribution in [0.2, 0.25) is 0 Å². The zero-order valence-electron chi connectivity index (χ0n) is 7.29. The van der Waals surface area contributed by atoms with Crippen LogP contribution < -0.4 is 0 Å². The van der Waals surface area contributed by atoms with E-state index in [0.29, 0.717) is 0 Å². The van der Waals surface area contributed by atoms with E-state index in [9.17, 15) is 21.6 Å². The van der Waals surface area contributed by atoms with Crippen molar-refractivity contribution in [2.24, 2.45) is 0 Å². The standard InChI is InChI=1S/C7H2ClF3N2O2S/c8-16(14,15)7-3(6(10)11)1-4(9)5(2-12)13-7/h1,6H. The molecular formula is C7H2ClF3N2O2S. The summed E-state index contributed by atoms with van der Waals surface area (Å²) in [4.78, 5) is 2.95. The van der Waals surface area contributed by atoms with Crippen LogP contribution >= 0.6 is 10.7 Å². The number of halogens is 4. The van der Waals surface area contributed by atoms with Crippen LogP contribution in [0.3, 0.4) is 0 Å². The van der Waals surface area contributed by atoms with E-state index in [1.807, 2.05) is 0 Å². The minimum absolute atomic E-state index is 0.228. The molecule has 0 radical (unpaired) electrons. The molecule has 0 bridgehead atoms. The van der Waals surface area contributed by atoms with Crippen LogP contribution in [-0.4, -0.2) is 13.4 Å². The molecule has 0 atom stereocenters. The van der Waals surface area contributed by atoms with E-state index in [4.69, 9.17) is 15.9 Å². The van der Waals surface area contributed by atoms with Crippen molar-refractivity contribution in [3.8, 4) is 6.07 Å². The molecule has 0 aliphatic heterocycles. The molecule has 9 heteroatoms. The van der Waals surface area contributed by atoms with E-state index >= 15 is 0 Å². The molecule has 0 aliphatic carbocycles. The molecule has 0 aliphatic rings. The number of hydrogen-bond acceptors (Lipinski definition) is 4. The number of aromatic nitrogens is 1. The van der Waals surface area contributed by atoms with Gasteiger partial charge in [-0.2, -0.15) is 5.26 Å². The minimum atomic E-state index is -4.56. The van der Waals surface area contributed by atoms with Crippen LogP contribution in [0.15, 0.2) is 11.1 Å². The molecule has 1 heterocycles. The normalized spacial score (nSPS) is 11.5. The highest BCUT2D eigenvalue weighted by Gasteiger charge is 2.26. The summed E-state index contributed by atoms with van der Waals surface area (Å²) >= 11 is 0. The first-order valence-corrected chi connectivity index (χ1v) is 5.91. The molecule has 1 rings (SSSR count). The Hall–Kier alpha value is -1.33. The predicted molar refractivity (Wildman–Crippen MR) is 46.9 cm³/mol. The van der Waals surface area contributed by atoms with E-state index in [2.05, 4.69) is 4.98 Å². The maximum Gasteiger partial charge on any atom is 0.279 e. The smallest absolute Gasteiger partial charge is 0.221 e. The molecule has 16 heavy (non-hydrogen) atoms. The van der Waals surface area contributed by atoms with Crippen molar-refractivity contribution in [2.45, 2.75) is 11.5 Å². The molecule has 0 unspecified atom stereocenters. The Morgan fingerprint density at radius 1 is 1.50 bits per heavy atom. The van der Waals surface area contributed by atoms with Gasteiger partial charge in [-0.3, -0.25) is 0 Å². The van der Waals surface area contributed by atoms with Crippen molar-refractivity contribution in [1.29, 1.82) is 5.26 Å². The van der Waals surface area contributed by atoms with Gasteiger partial charge in [0.15, 0.2) is 16.5 Å². The Balaban J connectivity index is 3.64. The van der Waals surface area contributed by atoms with Crippen LogP contribution in [0.5, 0.6) is 0 Å². The molecule has 1 aromatic heterocycles. The van der Waals surface area contributed by atoms with Gasteiger partial charge in [0, 0.05) is 10.7 Å². The average molecular weight is 271 g/mol. The summed E-state index contributed by atoms with van der Waals surface area (Å²) in [5.41, 5.74) is -2.09. The first-order valence-electron chi connectivity index (χ1n) is 3.60. The Morgan fingerprint density at radius 3 is 2.44 bits per heavy atom. The lowest BCUT2D eigenvalue weighted by molar-refractivity contribution is 0.146. The third-order valence-electron chi connectivity index (χ3n) is 1.54. The quantitative estimate of drug-likeness (QED) is 0.770. The van der Waals surface area contributed by atoms with Crippen molar-refractivity contribution < 1.29 is 21.6 Å². The molecule has 0 saturated carbocycles. The molecular weight excluding hydrogens is 269 g/mol. The Labute approximate surface area is 92.7 Å². The number of rotatable bonds is 2. The average Bonchev–Trinajstić information content (AvgIpc) is 2.15. The molecule has 0 saturated heterocycles. The van der Waals surface area contributed by atoms with Crippen molar-refractivity contribution in [3.63, 3.8) is 0 Å². The molecule has 1 aromatic rings. The second-order valence-corrected chi connectivity index (χ2v) is 5.04. The fourth-order valence-corrected chi connectivity index (χ4v) is 1.92. The summed E-state index contributed by atoms with van der Waals surface area (Å²) in [6, 6.07) is 1.45. The number of nitrogens with zero attached hydrogens (tertiary/aromatic N) is 2. The zero-order chi connectivity index (χ0) is 12.5. The van der Waals surface area contributed by atoms with E-state index < -0.39 is 37.6 Å². The highest BCUT2D eigenvalue weighted by molar-refractivity contribution is 8.13. The zero-order valence-corrected chi connectivity index (χ0v) is 8.86. The number of alkyl halides is 2. The second-order valence-electron chi connectivity index (χ2n) is 2.56. The SMILES string of the molecule is N#Cc1nc(S(=O)(=O)Cl)c(C(F)F)cc1F. The summed E-state index contributed by atoms with van der Waals surface area (Å²) < 4.78 is 59.4. The molecule has 0 fully saturated rings. The molecule has 0 spiro atoms. The lowest BCUT2D eigenvalue weighted by atomic mass is 10.2.